The smallest absolute Gasteiger partial charge is 0.194 e. The molecule has 0 aromatic carbocycles. The molecule has 0 aliphatic rings. The fourth-order valence-corrected chi connectivity index (χ4v) is 0. The highest BCUT2D eigenvalue weighted by Gasteiger charge is 1.66. The van der Waals surface area contributed by atoms with Gasteiger partial charge in [-0.2, -0.15) is 0 Å². The van der Waals surface area contributed by atoms with E-state index in [1.54, 1.807) is 0 Å². The van der Waals surface area contributed by atoms with Crippen molar-refractivity contribution in [2.24, 2.45) is 0 Å². The predicted molar refractivity (Wildman–Crippen MR) is 21.7 cm³/mol. The molecule has 0 saturated carbocycles. The first-order chi connectivity index (χ1) is 1.73. The van der Waals surface area contributed by atoms with Crippen LogP contribution in [-0.2, 0) is 4.79 Å². The summed E-state index contributed by atoms with van der Waals surface area (Å²) in [4.78, 5) is 9.36. The summed E-state index contributed by atoms with van der Waals surface area (Å²) in [5.74, 6) is 0. The van der Waals surface area contributed by atoms with E-state index in [4.69, 9.17) is 0 Å². The van der Waals surface area contributed by atoms with Crippen molar-refractivity contribution in [3.63, 3.8) is 0 Å². The van der Waals surface area contributed by atoms with Crippen LogP contribution < -0.4 is 6.15 Å². The van der Waals surface area contributed by atoms with Gasteiger partial charge >= 0.3 is 0 Å². The molecule has 5 heavy (non-hydrogen) atoms. The highest BCUT2D eigenvalue weighted by Crippen LogP contribution is 1.74. The Morgan fingerprint density at radius 1 is 1.80 bits per heavy atom. The summed E-state index contributed by atoms with van der Waals surface area (Å²) >= 11 is 2.63. The fraction of sp³-hybridized carbons (Fsp3) is 0.500. The van der Waals surface area contributed by atoms with Crippen molar-refractivity contribution in [3.8, 4) is 0 Å². The van der Waals surface area contributed by atoms with Crippen molar-refractivity contribution in [1.29, 1.82) is 0 Å². The quantitative estimate of drug-likeness (QED) is 0.447. The average molecular weight is 137 g/mol. The zero-order chi connectivity index (χ0) is 3.58. The van der Waals surface area contributed by atoms with E-state index in [-0.39, 0.29) is 10.8 Å². The van der Waals surface area contributed by atoms with E-state index in [1.165, 1.54) is 6.92 Å². The number of rotatable bonds is 0. The van der Waals surface area contributed by atoms with Gasteiger partial charge < -0.3 is 0 Å². The zero-order valence-electron chi connectivity index (χ0n) is 2.73. The molecule has 0 spiro atoms. The summed E-state index contributed by atoms with van der Waals surface area (Å²) in [5, 5.41) is 0. The molecule has 0 amide bonds. The van der Waals surface area contributed by atoms with Gasteiger partial charge in [0.25, 0.3) is 0 Å². The molecule has 0 aromatic rings. The summed E-state index contributed by atoms with van der Waals surface area (Å²) in [6.45, 7) is 1.44. The molecule has 0 fully saturated rings. The Labute approximate surface area is 39.3 Å². The van der Waals surface area contributed by atoms with Crippen LogP contribution in [0.25, 0.3) is 0 Å². The first-order valence-electron chi connectivity index (χ1n) is 0.893. The molecule has 0 saturated heterocycles. The van der Waals surface area contributed by atoms with Gasteiger partial charge in [0.2, 0.25) is 0 Å². The molecule has 0 N–H and O–H groups in total. The molecule has 2 nitrogen and oxygen atoms in total. The van der Waals surface area contributed by atoms with Crippen molar-refractivity contribution in [3.05, 3.63) is 0 Å². The van der Waals surface area contributed by atoms with Crippen LogP contribution in [0.4, 0.5) is 0 Å². The Kier molecular flexibility index (Phi) is 7.34. The molecule has 0 aromatic heterocycles. The van der Waals surface area contributed by atoms with Gasteiger partial charge in [-0.3, -0.25) is 4.79 Å². The lowest BCUT2D eigenvalue weighted by Gasteiger charge is -1.52. The van der Waals surface area contributed by atoms with Crippen LogP contribution in [-0.4, -0.2) is 4.69 Å². The second kappa shape index (κ2) is 4.11. The maximum Gasteiger partial charge on any atom is 0.194 e. The maximum atomic E-state index is 9.36. The molecule has 3 radical (unpaired) electrons. The number of carbonyl (C=O) groups is 1. The van der Waals surface area contributed by atoms with Gasteiger partial charge in [-0.15, -0.1) is 0 Å². The molecule has 3 heteroatoms. The lowest BCUT2D eigenvalue weighted by atomic mass is 11.0. The highest BCUT2D eigenvalue weighted by molar-refractivity contribution is 9.18. The Bertz CT molecular complexity index is 32.6. The Morgan fingerprint density at radius 2 is 1.80 bits per heavy atom. The molecule has 0 unspecified atom stereocenters. The van der Waals surface area contributed by atoms with Gasteiger partial charge in [0, 0.05) is 13.1 Å². The SMILES string of the molecule is CC(=O)Br.[N]. The standard InChI is InChI=1S/C2H3BrO.N/c1-2(3)4;/h1H3;. The number of halogens is 1. The molecule has 0 bridgehead atoms. The number of nitrogens with zero attached hydrogens (tertiary/aromatic N) is 1. The molecular weight excluding hydrogens is 134 g/mol. The summed E-state index contributed by atoms with van der Waals surface area (Å²) in [6, 6.07) is 0. The van der Waals surface area contributed by atoms with Gasteiger partial charge in [-0.25, -0.2) is 0 Å². The van der Waals surface area contributed by atoms with E-state index < -0.39 is 0 Å². The normalized spacial score (nSPS) is 5.20. The van der Waals surface area contributed by atoms with Crippen LogP contribution in [0.1, 0.15) is 6.92 Å². The van der Waals surface area contributed by atoms with Gasteiger partial charge in [0.05, 0.1) is 0 Å². The van der Waals surface area contributed by atoms with Gasteiger partial charge in [-0.1, -0.05) is 0 Å². The van der Waals surface area contributed by atoms with Crippen LogP contribution >= 0.6 is 15.9 Å². The number of hydrogen-bond donors (Lipinski definition) is 0. The Hall–Kier alpha value is 0.110. The van der Waals surface area contributed by atoms with Crippen molar-refractivity contribution in [2.75, 3.05) is 0 Å². The molecule has 0 rings (SSSR count). The van der Waals surface area contributed by atoms with E-state index in [9.17, 15) is 4.79 Å². The average Bonchev–Trinajstić information content (AvgIpc) is 0.811. The molecule has 0 heterocycles. The van der Waals surface area contributed by atoms with E-state index >= 15 is 0 Å². The van der Waals surface area contributed by atoms with E-state index in [0.29, 0.717) is 0 Å². The Balaban J connectivity index is 0. The van der Waals surface area contributed by atoms with Crippen molar-refractivity contribution in [2.45, 2.75) is 6.92 Å². The maximum absolute atomic E-state index is 9.36. The first kappa shape index (κ1) is 8.92. The second-order valence-electron chi connectivity index (χ2n) is 0.470. The minimum absolute atomic E-state index is 0. The third-order valence-corrected chi connectivity index (χ3v) is 0. The van der Waals surface area contributed by atoms with E-state index in [0.717, 1.165) is 0 Å². The van der Waals surface area contributed by atoms with Crippen LogP contribution in [0.3, 0.4) is 0 Å². The van der Waals surface area contributed by atoms with Gasteiger partial charge in [0.15, 0.2) is 4.69 Å². The fourth-order valence-electron chi connectivity index (χ4n) is 0. The second-order valence-corrected chi connectivity index (χ2v) is 1.59. The minimum Gasteiger partial charge on any atom is -0.287 e. The largest absolute Gasteiger partial charge is 0.287 e. The van der Waals surface area contributed by atoms with Crippen LogP contribution in [0.5, 0.6) is 0 Å². The molecule has 29 valence electrons. The summed E-state index contributed by atoms with van der Waals surface area (Å²) < 4.78 is -0.0208. The molecule has 0 aliphatic carbocycles. The minimum atomic E-state index is -0.0208. The van der Waals surface area contributed by atoms with Crippen molar-refractivity contribution >= 4 is 20.6 Å². The van der Waals surface area contributed by atoms with Crippen LogP contribution in [0, 0.1) is 0 Å². The summed E-state index contributed by atoms with van der Waals surface area (Å²) in [6.07, 6.45) is 0. The summed E-state index contributed by atoms with van der Waals surface area (Å²) in [7, 11) is 0. The van der Waals surface area contributed by atoms with Crippen molar-refractivity contribution < 1.29 is 4.79 Å². The lowest BCUT2D eigenvalue weighted by molar-refractivity contribution is -0.108. The predicted octanol–water partition coefficient (Wildman–Crippen LogP) is 0.447. The lowest BCUT2D eigenvalue weighted by Crippen LogP contribution is -1.60. The van der Waals surface area contributed by atoms with E-state index in [2.05, 4.69) is 15.9 Å². The molecule has 0 atom stereocenters. The van der Waals surface area contributed by atoms with Crippen LogP contribution in [0.15, 0.2) is 0 Å². The van der Waals surface area contributed by atoms with Crippen molar-refractivity contribution in [1.82, 2.24) is 6.15 Å². The molecule has 0 aliphatic heterocycles. The zero-order valence-corrected chi connectivity index (χ0v) is 4.32. The topological polar surface area (TPSA) is 47.6 Å². The Morgan fingerprint density at radius 3 is 1.80 bits per heavy atom. The number of carbonyl (C=O) groups excluding carboxylic acids is 1. The number of hydrogen-bond acceptors (Lipinski definition) is 1. The van der Waals surface area contributed by atoms with E-state index in [1.807, 2.05) is 0 Å². The first-order valence-corrected chi connectivity index (χ1v) is 1.69. The summed E-state index contributed by atoms with van der Waals surface area (Å²) in [5.41, 5.74) is 0. The third kappa shape index (κ3) is 1510. The molecular formula is C2H3BrNO. The monoisotopic (exact) mass is 136 g/mol. The van der Waals surface area contributed by atoms with Gasteiger partial charge in [-0.05, 0) is 15.9 Å². The van der Waals surface area contributed by atoms with Gasteiger partial charge in [0.1, 0.15) is 0 Å². The van der Waals surface area contributed by atoms with Crippen LogP contribution in [0.2, 0.25) is 0 Å². The third-order valence-electron chi connectivity index (χ3n) is 0. The highest BCUT2D eigenvalue weighted by atomic mass is 79.9.